The second-order valence-corrected chi connectivity index (χ2v) is 1.07. The Morgan fingerprint density at radius 1 is 1.38 bits per heavy atom. The van der Waals surface area contributed by atoms with Crippen LogP contribution in [0.1, 0.15) is 4.11 Å². The molecule has 0 saturated heterocycles. The van der Waals surface area contributed by atoms with Crippen LogP contribution >= 0.6 is 0 Å². The van der Waals surface area contributed by atoms with Gasteiger partial charge < -0.3 is 0 Å². The third kappa shape index (κ3) is 0.992. The van der Waals surface area contributed by atoms with Gasteiger partial charge in [0.05, 0.1) is 4.11 Å². The van der Waals surface area contributed by atoms with Crippen LogP contribution in [0.5, 0.6) is 0 Å². The van der Waals surface area contributed by atoms with Gasteiger partial charge >= 0.3 is 0 Å². The van der Waals surface area contributed by atoms with Gasteiger partial charge in [0.1, 0.15) is 0 Å². The van der Waals surface area contributed by atoms with Gasteiger partial charge in [0.25, 0.3) is 0 Å². The summed E-state index contributed by atoms with van der Waals surface area (Å²) in [5.74, 6) is -2.72. The van der Waals surface area contributed by atoms with Crippen LogP contribution in [0.3, 0.4) is 0 Å². The minimum absolute atomic E-state index is 0.782. The molecule has 0 spiro atoms. The summed E-state index contributed by atoms with van der Waals surface area (Å²) in [6, 6.07) is -2.48. The summed E-state index contributed by atoms with van der Waals surface area (Å²) in [7, 11) is 0. The third-order valence-corrected chi connectivity index (χ3v) is 0.528. The standard InChI is InChI=1S/C5H3F2N/c6-4-2-1-3-5(7)8-4/h1-3H/i1D,2D,3D. The lowest BCUT2D eigenvalue weighted by atomic mass is 10.5. The van der Waals surface area contributed by atoms with Crippen LogP contribution in [0, 0.1) is 11.9 Å². The van der Waals surface area contributed by atoms with Crippen molar-refractivity contribution in [2.75, 3.05) is 0 Å². The smallest absolute Gasteiger partial charge is 0.191 e. The Bertz CT molecular complexity index is 276. The fraction of sp³-hybridized carbons (Fsp3) is 0. The number of halogens is 2. The van der Waals surface area contributed by atoms with E-state index in [2.05, 4.69) is 4.98 Å². The van der Waals surface area contributed by atoms with E-state index in [0.29, 0.717) is 0 Å². The number of aromatic nitrogens is 1. The molecule has 0 aliphatic heterocycles. The number of pyridine rings is 1. The molecule has 0 radical (unpaired) electrons. The molecule has 0 aliphatic rings. The lowest BCUT2D eigenvalue weighted by Crippen LogP contribution is -1.83. The molecular formula is C5H3F2N. The fourth-order valence-corrected chi connectivity index (χ4v) is 0.276. The van der Waals surface area contributed by atoms with E-state index >= 15 is 0 Å². The SMILES string of the molecule is [2H]c1c(F)nc(F)c([2H])c1[2H]. The number of hydrogen-bond acceptors (Lipinski definition) is 1. The highest BCUT2D eigenvalue weighted by Gasteiger charge is 1.89. The van der Waals surface area contributed by atoms with Crippen LogP contribution in [0.25, 0.3) is 0 Å². The van der Waals surface area contributed by atoms with Crippen LogP contribution in [0.15, 0.2) is 18.1 Å². The van der Waals surface area contributed by atoms with Gasteiger partial charge in [-0.15, -0.1) is 0 Å². The lowest BCUT2D eigenvalue weighted by Gasteiger charge is -1.83. The van der Waals surface area contributed by atoms with Crippen molar-refractivity contribution in [2.24, 2.45) is 0 Å². The molecule has 1 heterocycles. The molecule has 0 unspecified atom stereocenters. The minimum Gasteiger partial charge on any atom is -0.191 e. The molecule has 0 aromatic carbocycles. The molecule has 0 amide bonds. The average Bonchev–Trinajstić information content (AvgIpc) is 1.97. The Morgan fingerprint density at radius 3 is 2.38 bits per heavy atom. The molecule has 0 atom stereocenters. The quantitative estimate of drug-likeness (QED) is 0.469. The van der Waals surface area contributed by atoms with E-state index in [0.717, 1.165) is 0 Å². The van der Waals surface area contributed by atoms with Crippen molar-refractivity contribution in [3.63, 3.8) is 0 Å². The maximum Gasteiger partial charge on any atom is 0.215 e. The summed E-state index contributed by atoms with van der Waals surface area (Å²) in [6.07, 6.45) is 0. The van der Waals surface area contributed by atoms with Crippen molar-refractivity contribution in [3.05, 3.63) is 30.0 Å². The van der Waals surface area contributed by atoms with E-state index in [9.17, 15) is 8.78 Å². The molecule has 42 valence electrons. The van der Waals surface area contributed by atoms with Gasteiger partial charge in [-0.1, -0.05) is 6.04 Å². The molecule has 0 aliphatic carbocycles. The lowest BCUT2D eigenvalue weighted by molar-refractivity contribution is 0.513. The highest BCUT2D eigenvalue weighted by atomic mass is 19.1. The van der Waals surface area contributed by atoms with Crippen molar-refractivity contribution in [3.8, 4) is 0 Å². The van der Waals surface area contributed by atoms with Gasteiger partial charge in [0.2, 0.25) is 11.9 Å². The molecule has 0 N–H and O–H groups in total. The van der Waals surface area contributed by atoms with Gasteiger partial charge in [-0.3, -0.25) is 0 Å². The topological polar surface area (TPSA) is 12.9 Å². The van der Waals surface area contributed by atoms with E-state index < -0.39 is 30.0 Å². The second kappa shape index (κ2) is 1.86. The first-order valence-corrected chi connectivity index (χ1v) is 1.83. The molecule has 1 rings (SSSR count). The first-order chi connectivity index (χ1) is 5.04. The van der Waals surface area contributed by atoms with Crippen molar-refractivity contribution in [1.29, 1.82) is 0 Å². The van der Waals surface area contributed by atoms with Crippen molar-refractivity contribution in [1.82, 2.24) is 4.98 Å². The van der Waals surface area contributed by atoms with E-state index in [1.807, 2.05) is 0 Å². The Kier molecular flexibility index (Phi) is 0.587. The van der Waals surface area contributed by atoms with Gasteiger partial charge in [0.15, 0.2) is 0 Å². The first kappa shape index (κ1) is 2.53. The summed E-state index contributed by atoms with van der Waals surface area (Å²) in [4.78, 5) is 2.61. The number of hydrogen-bond donors (Lipinski definition) is 0. The summed E-state index contributed by atoms with van der Waals surface area (Å²) in [5, 5.41) is 0. The van der Waals surface area contributed by atoms with Crippen LogP contribution in [0.4, 0.5) is 8.78 Å². The average molecular weight is 118 g/mol. The molecule has 0 bridgehead atoms. The van der Waals surface area contributed by atoms with Crippen molar-refractivity contribution >= 4 is 0 Å². The maximum absolute atomic E-state index is 12.3. The Hall–Kier alpha value is -0.990. The molecule has 0 fully saturated rings. The monoisotopic (exact) mass is 118 g/mol. The van der Waals surface area contributed by atoms with Crippen LogP contribution in [-0.4, -0.2) is 4.98 Å². The van der Waals surface area contributed by atoms with Gasteiger partial charge in [-0.25, -0.2) is 0 Å². The van der Waals surface area contributed by atoms with E-state index in [-0.39, 0.29) is 0 Å². The molecule has 1 aromatic heterocycles. The zero-order chi connectivity index (χ0) is 8.59. The number of rotatable bonds is 0. The normalized spacial score (nSPS) is 14.5. The first-order valence-electron chi connectivity index (χ1n) is 3.33. The summed E-state index contributed by atoms with van der Waals surface area (Å²) in [5.41, 5.74) is 0. The van der Waals surface area contributed by atoms with E-state index in [1.54, 1.807) is 0 Å². The molecule has 3 heteroatoms. The van der Waals surface area contributed by atoms with Crippen LogP contribution < -0.4 is 0 Å². The zero-order valence-corrected chi connectivity index (χ0v) is 3.70. The summed E-state index contributed by atoms with van der Waals surface area (Å²) < 4.78 is 44.9. The van der Waals surface area contributed by atoms with E-state index in [4.69, 9.17) is 4.11 Å². The largest absolute Gasteiger partial charge is 0.215 e. The van der Waals surface area contributed by atoms with Gasteiger partial charge in [-0.05, 0) is 12.1 Å². The van der Waals surface area contributed by atoms with Crippen LogP contribution in [0.2, 0.25) is 0 Å². The van der Waals surface area contributed by atoms with Gasteiger partial charge in [-0.2, -0.15) is 13.8 Å². The predicted molar refractivity (Wildman–Crippen MR) is 24.2 cm³/mol. The van der Waals surface area contributed by atoms with Crippen molar-refractivity contribution in [2.45, 2.75) is 0 Å². The maximum atomic E-state index is 12.3. The minimum atomic E-state index is -1.36. The molecule has 8 heavy (non-hydrogen) atoms. The highest BCUT2D eigenvalue weighted by molar-refractivity contribution is 4.93. The Morgan fingerprint density at radius 2 is 1.88 bits per heavy atom. The summed E-state index contributed by atoms with van der Waals surface area (Å²) >= 11 is 0. The molecule has 0 saturated carbocycles. The van der Waals surface area contributed by atoms with Gasteiger partial charge in [0, 0.05) is 0 Å². The molecular weight excluding hydrogens is 112 g/mol. The van der Waals surface area contributed by atoms with E-state index in [1.165, 1.54) is 0 Å². The highest BCUT2D eigenvalue weighted by Crippen LogP contribution is 1.93. The Balaban J connectivity index is 3.46. The van der Waals surface area contributed by atoms with Crippen molar-refractivity contribution < 1.29 is 12.9 Å². The Labute approximate surface area is 49.2 Å². The second-order valence-electron chi connectivity index (χ2n) is 1.07. The third-order valence-electron chi connectivity index (χ3n) is 0.528. The fourth-order valence-electron chi connectivity index (χ4n) is 0.276. The molecule has 1 aromatic rings. The zero-order valence-electron chi connectivity index (χ0n) is 6.70. The summed E-state index contributed by atoms with van der Waals surface area (Å²) in [6.45, 7) is 0. The number of nitrogens with zero attached hydrogens (tertiary/aromatic N) is 1. The van der Waals surface area contributed by atoms with Crippen LogP contribution in [-0.2, 0) is 0 Å². The predicted octanol–water partition coefficient (Wildman–Crippen LogP) is 1.36. The molecule has 1 nitrogen and oxygen atoms in total.